The van der Waals surface area contributed by atoms with E-state index in [0.717, 1.165) is 0 Å². The lowest BCUT2D eigenvalue weighted by molar-refractivity contribution is -0.119. The summed E-state index contributed by atoms with van der Waals surface area (Å²) in [5, 5.41) is 2.59. The van der Waals surface area contributed by atoms with Crippen molar-refractivity contribution in [2.24, 2.45) is 0 Å². The number of hydrogen-bond acceptors (Lipinski definition) is 6. The number of carbonyl (C=O) groups is 3. The summed E-state index contributed by atoms with van der Waals surface area (Å²) in [5.41, 5.74) is 1.07. The Bertz CT molecular complexity index is 759. The summed E-state index contributed by atoms with van der Waals surface area (Å²) < 4.78 is 4.87. The molecule has 0 atom stereocenters. The molecule has 8 nitrogen and oxygen atoms in total. The third-order valence-electron chi connectivity index (χ3n) is 3.57. The number of carbonyl (C=O) groups excluding carboxylic acids is 3. The van der Waals surface area contributed by atoms with Gasteiger partial charge in [0.25, 0.3) is 11.8 Å². The van der Waals surface area contributed by atoms with Crippen LogP contribution in [-0.2, 0) is 9.53 Å². The van der Waals surface area contributed by atoms with E-state index in [0.29, 0.717) is 24.3 Å². The summed E-state index contributed by atoms with van der Waals surface area (Å²) >= 11 is 0. The number of hydrogen-bond donors (Lipinski definition) is 1. The van der Waals surface area contributed by atoms with E-state index < -0.39 is 18.5 Å². The maximum atomic E-state index is 12.2. The number of anilines is 1. The summed E-state index contributed by atoms with van der Waals surface area (Å²) in [7, 11) is 0. The average molecular weight is 356 g/mol. The SMILES string of the molecule is CCN(CC)C(=O)c1ccc(NC(=O)COC(=O)c2cnccn2)cc1. The highest BCUT2D eigenvalue weighted by Gasteiger charge is 2.13. The molecule has 0 bridgehead atoms. The molecular formula is C18H20N4O4. The largest absolute Gasteiger partial charge is 0.451 e. The molecule has 0 fully saturated rings. The molecule has 0 aliphatic carbocycles. The van der Waals surface area contributed by atoms with Crippen LogP contribution in [0.25, 0.3) is 0 Å². The van der Waals surface area contributed by atoms with Gasteiger partial charge in [0.2, 0.25) is 0 Å². The van der Waals surface area contributed by atoms with E-state index in [-0.39, 0.29) is 11.6 Å². The second kappa shape index (κ2) is 9.26. The zero-order valence-corrected chi connectivity index (χ0v) is 14.6. The third kappa shape index (κ3) is 5.10. The molecule has 2 aromatic rings. The highest BCUT2D eigenvalue weighted by molar-refractivity contribution is 5.97. The normalized spacial score (nSPS) is 10.1. The van der Waals surface area contributed by atoms with Gasteiger partial charge in [0, 0.05) is 36.7 Å². The molecule has 0 unspecified atom stereocenters. The fraction of sp³-hybridized carbons (Fsp3) is 0.278. The number of nitrogens with one attached hydrogen (secondary N) is 1. The second-order valence-corrected chi connectivity index (χ2v) is 5.27. The third-order valence-corrected chi connectivity index (χ3v) is 3.57. The van der Waals surface area contributed by atoms with Gasteiger partial charge in [-0.25, -0.2) is 9.78 Å². The summed E-state index contributed by atoms with van der Waals surface area (Å²) in [4.78, 5) is 45.0. The molecule has 0 radical (unpaired) electrons. The molecule has 1 N–H and O–H groups in total. The topological polar surface area (TPSA) is 101 Å². The summed E-state index contributed by atoms with van der Waals surface area (Å²) in [6.07, 6.45) is 4.04. The van der Waals surface area contributed by atoms with Gasteiger partial charge in [0.15, 0.2) is 12.3 Å². The summed E-state index contributed by atoms with van der Waals surface area (Å²) in [6.45, 7) is 4.64. The molecule has 1 aromatic heterocycles. The van der Waals surface area contributed by atoms with E-state index in [1.807, 2.05) is 13.8 Å². The van der Waals surface area contributed by atoms with Crippen molar-refractivity contribution >= 4 is 23.5 Å². The predicted octanol–water partition coefficient (Wildman–Crippen LogP) is 1.75. The Balaban J connectivity index is 1.87. The quantitative estimate of drug-likeness (QED) is 0.759. The Labute approximate surface area is 151 Å². The van der Waals surface area contributed by atoms with Gasteiger partial charge in [-0.05, 0) is 38.1 Å². The van der Waals surface area contributed by atoms with E-state index in [1.165, 1.54) is 18.6 Å². The Morgan fingerprint density at radius 1 is 1.08 bits per heavy atom. The molecule has 0 aliphatic heterocycles. The molecular weight excluding hydrogens is 336 g/mol. The van der Waals surface area contributed by atoms with Crippen molar-refractivity contribution in [1.29, 1.82) is 0 Å². The van der Waals surface area contributed by atoms with Gasteiger partial charge in [-0.3, -0.25) is 14.6 Å². The maximum Gasteiger partial charge on any atom is 0.359 e. The lowest BCUT2D eigenvalue weighted by Gasteiger charge is -2.18. The number of benzene rings is 1. The Hall–Kier alpha value is -3.29. The van der Waals surface area contributed by atoms with Crippen LogP contribution in [0.5, 0.6) is 0 Å². The van der Waals surface area contributed by atoms with Crippen molar-refractivity contribution < 1.29 is 19.1 Å². The molecule has 1 heterocycles. The molecule has 0 spiro atoms. The zero-order valence-electron chi connectivity index (χ0n) is 14.6. The molecule has 0 saturated heterocycles. The van der Waals surface area contributed by atoms with Crippen LogP contribution in [0, 0.1) is 0 Å². The fourth-order valence-corrected chi connectivity index (χ4v) is 2.20. The smallest absolute Gasteiger partial charge is 0.359 e. The number of aromatic nitrogens is 2. The van der Waals surface area contributed by atoms with Crippen molar-refractivity contribution in [3.8, 4) is 0 Å². The van der Waals surface area contributed by atoms with Crippen molar-refractivity contribution in [2.45, 2.75) is 13.8 Å². The number of amides is 2. The van der Waals surface area contributed by atoms with E-state index in [1.54, 1.807) is 29.2 Å². The van der Waals surface area contributed by atoms with Crippen LogP contribution < -0.4 is 5.32 Å². The minimum atomic E-state index is -0.728. The van der Waals surface area contributed by atoms with Gasteiger partial charge in [-0.2, -0.15) is 0 Å². The van der Waals surface area contributed by atoms with Crippen LogP contribution in [0.1, 0.15) is 34.7 Å². The summed E-state index contributed by atoms with van der Waals surface area (Å²) in [6, 6.07) is 6.53. The molecule has 1 aromatic carbocycles. The molecule has 26 heavy (non-hydrogen) atoms. The molecule has 136 valence electrons. The van der Waals surface area contributed by atoms with Gasteiger partial charge in [0.1, 0.15) is 0 Å². The maximum absolute atomic E-state index is 12.2. The van der Waals surface area contributed by atoms with Gasteiger partial charge in [-0.15, -0.1) is 0 Å². The van der Waals surface area contributed by atoms with Crippen LogP contribution >= 0.6 is 0 Å². The molecule has 2 amide bonds. The molecule has 2 rings (SSSR count). The van der Waals surface area contributed by atoms with Crippen molar-refractivity contribution in [3.05, 3.63) is 54.1 Å². The van der Waals surface area contributed by atoms with Crippen LogP contribution in [0.2, 0.25) is 0 Å². The number of ether oxygens (including phenoxy) is 1. The monoisotopic (exact) mass is 356 g/mol. The first-order valence-electron chi connectivity index (χ1n) is 8.17. The minimum Gasteiger partial charge on any atom is -0.451 e. The first-order chi connectivity index (χ1) is 12.5. The van der Waals surface area contributed by atoms with Gasteiger partial charge in [-0.1, -0.05) is 0 Å². The van der Waals surface area contributed by atoms with E-state index in [4.69, 9.17) is 4.74 Å². The van der Waals surface area contributed by atoms with Crippen molar-refractivity contribution in [1.82, 2.24) is 14.9 Å². The van der Waals surface area contributed by atoms with Gasteiger partial charge >= 0.3 is 5.97 Å². The molecule has 0 aliphatic rings. The van der Waals surface area contributed by atoms with Gasteiger partial charge in [0.05, 0.1) is 6.20 Å². The number of rotatable bonds is 7. The van der Waals surface area contributed by atoms with Crippen LogP contribution in [-0.4, -0.2) is 52.3 Å². The summed E-state index contributed by atoms with van der Waals surface area (Å²) in [5.74, 6) is -1.29. The second-order valence-electron chi connectivity index (χ2n) is 5.27. The first kappa shape index (κ1) is 19.0. The minimum absolute atomic E-state index is 0.0274. The van der Waals surface area contributed by atoms with E-state index in [9.17, 15) is 14.4 Å². The molecule has 8 heteroatoms. The van der Waals surface area contributed by atoms with Crippen LogP contribution in [0.15, 0.2) is 42.9 Å². The van der Waals surface area contributed by atoms with Crippen molar-refractivity contribution in [3.63, 3.8) is 0 Å². The fourth-order valence-electron chi connectivity index (χ4n) is 2.20. The Morgan fingerprint density at radius 3 is 2.35 bits per heavy atom. The number of esters is 1. The van der Waals surface area contributed by atoms with Crippen molar-refractivity contribution in [2.75, 3.05) is 25.0 Å². The standard InChI is InChI=1S/C18H20N4O4/c1-3-22(4-2)17(24)13-5-7-14(8-6-13)21-16(23)12-26-18(25)15-11-19-9-10-20-15/h5-11H,3-4,12H2,1-2H3,(H,21,23). The highest BCUT2D eigenvalue weighted by Crippen LogP contribution is 2.12. The Kier molecular flexibility index (Phi) is 6.78. The average Bonchev–Trinajstić information content (AvgIpc) is 2.68. The zero-order chi connectivity index (χ0) is 18.9. The predicted molar refractivity (Wildman–Crippen MR) is 94.6 cm³/mol. The van der Waals surface area contributed by atoms with Gasteiger partial charge < -0.3 is 15.0 Å². The molecule has 0 saturated carbocycles. The lowest BCUT2D eigenvalue weighted by Crippen LogP contribution is -2.30. The van der Waals surface area contributed by atoms with Crippen LogP contribution in [0.4, 0.5) is 5.69 Å². The Morgan fingerprint density at radius 2 is 1.77 bits per heavy atom. The first-order valence-corrected chi connectivity index (χ1v) is 8.17. The highest BCUT2D eigenvalue weighted by atomic mass is 16.5. The lowest BCUT2D eigenvalue weighted by atomic mass is 10.2. The van der Waals surface area contributed by atoms with E-state index in [2.05, 4.69) is 15.3 Å². The van der Waals surface area contributed by atoms with Crippen LogP contribution in [0.3, 0.4) is 0 Å². The van der Waals surface area contributed by atoms with E-state index >= 15 is 0 Å². The number of nitrogens with zero attached hydrogens (tertiary/aromatic N) is 3.